The van der Waals surface area contributed by atoms with Gasteiger partial charge in [0, 0.05) is 57.1 Å². The molecule has 0 radical (unpaired) electrons. The van der Waals surface area contributed by atoms with Crippen molar-refractivity contribution in [1.82, 2.24) is 19.4 Å². The van der Waals surface area contributed by atoms with Crippen LogP contribution < -0.4 is 9.47 Å². The number of fused-ring (bicyclic) bond motifs is 1. The summed E-state index contributed by atoms with van der Waals surface area (Å²) in [7, 11) is -3.71. The lowest BCUT2D eigenvalue weighted by molar-refractivity contribution is -0.132. The zero-order valence-electron chi connectivity index (χ0n) is 19.1. The van der Waals surface area contributed by atoms with E-state index < -0.39 is 10.0 Å². The first kappa shape index (κ1) is 23.3. The molecule has 0 aliphatic carbocycles. The summed E-state index contributed by atoms with van der Waals surface area (Å²) in [6.07, 6.45) is 1.28. The van der Waals surface area contributed by atoms with Gasteiger partial charge in [0.2, 0.25) is 27.7 Å². The van der Waals surface area contributed by atoms with E-state index in [9.17, 15) is 13.2 Å². The number of carbonyl (C=O) groups excluding carboxylic acids is 1. The van der Waals surface area contributed by atoms with Crippen molar-refractivity contribution in [2.45, 2.75) is 24.2 Å². The molecule has 184 valence electrons. The number of hydrogen-bond acceptors (Lipinski definition) is 8. The highest BCUT2D eigenvalue weighted by Crippen LogP contribution is 2.33. The van der Waals surface area contributed by atoms with Gasteiger partial charge in [-0.05, 0) is 24.3 Å². The third-order valence-electron chi connectivity index (χ3n) is 5.99. The summed E-state index contributed by atoms with van der Waals surface area (Å²) in [5.74, 6) is 1.73. The Balaban J connectivity index is 1.15. The van der Waals surface area contributed by atoms with Crippen molar-refractivity contribution in [1.29, 1.82) is 0 Å². The molecule has 2 aliphatic heterocycles. The molecule has 0 N–H and O–H groups in total. The van der Waals surface area contributed by atoms with Crippen molar-refractivity contribution in [3.05, 3.63) is 54.4 Å². The second-order valence-electron chi connectivity index (χ2n) is 8.31. The number of amides is 1. The van der Waals surface area contributed by atoms with Crippen LogP contribution in [0.2, 0.25) is 0 Å². The number of aryl methyl sites for hydroxylation is 1. The van der Waals surface area contributed by atoms with Crippen LogP contribution in [0.25, 0.3) is 11.5 Å². The van der Waals surface area contributed by atoms with Gasteiger partial charge < -0.3 is 18.8 Å². The minimum atomic E-state index is -3.71. The summed E-state index contributed by atoms with van der Waals surface area (Å²) in [6, 6.07) is 14.1. The maximum Gasteiger partial charge on any atom is 0.247 e. The minimum Gasteiger partial charge on any atom is -0.490 e. The number of aromatic nitrogens is 2. The standard InChI is InChI=1S/C24H26N4O6S/c29-23(10-9-22-25-26-24(34-22)18-5-2-1-3-6-18)27-11-13-28(14-12-27)35(30,31)19-7-8-20-21(17-19)33-16-4-15-32-20/h1-3,5-8,17H,4,9-16H2. The summed E-state index contributed by atoms with van der Waals surface area (Å²) in [5.41, 5.74) is 0.823. The molecule has 11 heteroatoms. The van der Waals surface area contributed by atoms with Crippen LogP contribution >= 0.6 is 0 Å². The van der Waals surface area contributed by atoms with Crippen LogP contribution in [0.4, 0.5) is 0 Å². The number of benzene rings is 2. The average molecular weight is 499 g/mol. The zero-order valence-corrected chi connectivity index (χ0v) is 19.9. The van der Waals surface area contributed by atoms with E-state index >= 15 is 0 Å². The van der Waals surface area contributed by atoms with Gasteiger partial charge in [-0.2, -0.15) is 4.31 Å². The maximum atomic E-state index is 13.2. The van der Waals surface area contributed by atoms with Crippen LogP contribution in [0, 0.1) is 0 Å². The van der Waals surface area contributed by atoms with E-state index in [1.54, 1.807) is 11.0 Å². The molecule has 5 rings (SSSR count). The van der Waals surface area contributed by atoms with E-state index in [0.717, 1.165) is 12.0 Å². The van der Waals surface area contributed by atoms with Crippen LogP contribution in [0.5, 0.6) is 11.5 Å². The Bertz CT molecular complexity index is 1290. The first-order chi connectivity index (χ1) is 17.0. The molecule has 35 heavy (non-hydrogen) atoms. The third-order valence-corrected chi connectivity index (χ3v) is 7.88. The highest BCUT2D eigenvalue weighted by Gasteiger charge is 2.31. The summed E-state index contributed by atoms with van der Waals surface area (Å²) in [5, 5.41) is 8.07. The SMILES string of the molecule is O=C(CCc1nnc(-c2ccccc2)o1)N1CCN(S(=O)(=O)c2ccc3c(c2)OCCCO3)CC1. The predicted molar refractivity (Wildman–Crippen MR) is 125 cm³/mol. The molecule has 10 nitrogen and oxygen atoms in total. The Kier molecular flexibility index (Phi) is 6.69. The summed E-state index contributed by atoms with van der Waals surface area (Å²) in [6.45, 7) is 2.11. The number of carbonyl (C=O) groups is 1. The largest absolute Gasteiger partial charge is 0.490 e. The van der Waals surface area contributed by atoms with E-state index in [1.807, 2.05) is 30.3 Å². The lowest BCUT2D eigenvalue weighted by atomic mass is 10.2. The average Bonchev–Trinajstić information content (AvgIpc) is 3.25. The van der Waals surface area contributed by atoms with Crippen LogP contribution in [0.15, 0.2) is 57.8 Å². The van der Waals surface area contributed by atoms with Gasteiger partial charge in [-0.1, -0.05) is 18.2 Å². The van der Waals surface area contributed by atoms with Gasteiger partial charge in [-0.15, -0.1) is 10.2 Å². The Labute approximate surface area is 203 Å². The van der Waals surface area contributed by atoms with Gasteiger partial charge in [0.1, 0.15) is 0 Å². The topological polar surface area (TPSA) is 115 Å². The third kappa shape index (κ3) is 5.15. The second-order valence-corrected chi connectivity index (χ2v) is 10.2. The molecule has 2 aliphatic rings. The number of rotatable bonds is 6. The Hall–Kier alpha value is -3.44. The van der Waals surface area contributed by atoms with Crippen LogP contribution in [-0.4, -0.2) is 73.1 Å². The predicted octanol–water partition coefficient (Wildman–Crippen LogP) is 2.36. The van der Waals surface area contributed by atoms with Gasteiger partial charge in [-0.3, -0.25) is 4.79 Å². The summed E-state index contributed by atoms with van der Waals surface area (Å²) < 4.78 is 44.6. The van der Waals surface area contributed by atoms with Crippen molar-refractivity contribution >= 4 is 15.9 Å². The van der Waals surface area contributed by atoms with Gasteiger partial charge in [-0.25, -0.2) is 8.42 Å². The highest BCUT2D eigenvalue weighted by atomic mass is 32.2. The number of piperazine rings is 1. The molecule has 0 saturated carbocycles. The van der Waals surface area contributed by atoms with Gasteiger partial charge in [0.05, 0.1) is 18.1 Å². The first-order valence-corrected chi connectivity index (χ1v) is 13.0. The van der Waals surface area contributed by atoms with E-state index in [-0.39, 0.29) is 30.3 Å². The van der Waals surface area contributed by atoms with Crippen LogP contribution in [0.3, 0.4) is 0 Å². The van der Waals surface area contributed by atoms with Gasteiger partial charge in [0.15, 0.2) is 11.5 Å². The van der Waals surface area contributed by atoms with E-state index in [4.69, 9.17) is 13.9 Å². The molecule has 3 aromatic rings. The normalized spacial score (nSPS) is 16.6. The number of nitrogens with zero attached hydrogens (tertiary/aromatic N) is 4. The van der Waals surface area contributed by atoms with Crippen molar-refractivity contribution in [3.63, 3.8) is 0 Å². The molecule has 1 fully saturated rings. The molecule has 0 atom stereocenters. The lowest BCUT2D eigenvalue weighted by Crippen LogP contribution is -2.50. The van der Waals surface area contributed by atoms with Crippen molar-refractivity contribution < 1.29 is 27.1 Å². The molecule has 0 unspecified atom stereocenters. The van der Waals surface area contributed by atoms with Crippen LogP contribution in [0.1, 0.15) is 18.7 Å². The zero-order chi connectivity index (χ0) is 24.3. The fourth-order valence-corrected chi connectivity index (χ4v) is 5.49. The molecule has 1 saturated heterocycles. The smallest absolute Gasteiger partial charge is 0.247 e. The van der Waals surface area contributed by atoms with Crippen molar-refractivity contribution in [2.75, 3.05) is 39.4 Å². The van der Waals surface area contributed by atoms with Gasteiger partial charge >= 0.3 is 0 Å². The van der Waals surface area contributed by atoms with Crippen molar-refractivity contribution in [2.24, 2.45) is 0 Å². The fourth-order valence-electron chi connectivity index (χ4n) is 4.05. The quantitative estimate of drug-likeness (QED) is 0.509. The highest BCUT2D eigenvalue weighted by molar-refractivity contribution is 7.89. The molecular formula is C24H26N4O6S. The Morgan fingerprint density at radius 2 is 1.66 bits per heavy atom. The monoisotopic (exact) mass is 498 g/mol. The molecule has 1 aromatic heterocycles. The molecule has 2 aromatic carbocycles. The molecular weight excluding hydrogens is 472 g/mol. The fraction of sp³-hybridized carbons (Fsp3) is 0.375. The Morgan fingerprint density at radius 1 is 0.914 bits per heavy atom. The van der Waals surface area contributed by atoms with E-state index in [1.165, 1.54) is 16.4 Å². The van der Waals surface area contributed by atoms with Gasteiger partial charge in [0.25, 0.3) is 0 Å². The second kappa shape index (κ2) is 10.0. The first-order valence-electron chi connectivity index (χ1n) is 11.6. The number of ether oxygens (including phenoxy) is 2. The lowest BCUT2D eigenvalue weighted by Gasteiger charge is -2.34. The summed E-state index contributed by atoms with van der Waals surface area (Å²) >= 11 is 0. The van der Waals surface area contributed by atoms with Crippen molar-refractivity contribution in [3.8, 4) is 23.0 Å². The molecule has 1 amide bonds. The van der Waals surface area contributed by atoms with E-state index in [0.29, 0.717) is 56.0 Å². The molecule has 3 heterocycles. The number of sulfonamides is 1. The minimum absolute atomic E-state index is 0.0721. The molecule has 0 bridgehead atoms. The Morgan fingerprint density at radius 3 is 2.43 bits per heavy atom. The molecule has 0 spiro atoms. The summed E-state index contributed by atoms with van der Waals surface area (Å²) in [4.78, 5) is 14.5. The number of hydrogen-bond donors (Lipinski definition) is 0. The van der Waals surface area contributed by atoms with Crippen LogP contribution in [-0.2, 0) is 21.2 Å². The van der Waals surface area contributed by atoms with E-state index in [2.05, 4.69) is 10.2 Å². The maximum absolute atomic E-state index is 13.2.